The van der Waals surface area contributed by atoms with E-state index in [4.69, 9.17) is 0 Å². The van der Waals surface area contributed by atoms with Crippen molar-refractivity contribution in [2.45, 2.75) is 0 Å². The first-order valence-corrected chi connectivity index (χ1v) is 9.75. The van der Waals surface area contributed by atoms with Crippen LogP contribution >= 0.6 is 27.3 Å². The molecule has 0 spiro atoms. The number of carbonyl (C=O) groups is 1. The molecule has 0 unspecified atom stereocenters. The number of rotatable bonds is 5. The predicted octanol–water partition coefficient (Wildman–Crippen LogP) is 3.67. The number of halogens is 2. The molecule has 0 saturated carbocycles. The zero-order valence-corrected chi connectivity index (χ0v) is 15.1. The van der Waals surface area contributed by atoms with Crippen LogP contribution in [-0.2, 0) is 14.8 Å². The third-order valence-electron chi connectivity index (χ3n) is 2.52. The Morgan fingerprint density at radius 3 is 2.65 bits per heavy atom. The highest BCUT2D eigenvalue weighted by Gasteiger charge is 2.09. The molecule has 0 atom stereocenters. The highest BCUT2D eigenvalue weighted by molar-refractivity contribution is 9.11. The van der Waals surface area contributed by atoms with Crippen LogP contribution in [0.1, 0.15) is 4.88 Å². The fourth-order valence-electron chi connectivity index (χ4n) is 1.64. The summed E-state index contributed by atoms with van der Waals surface area (Å²) in [4.78, 5) is 12.7. The summed E-state index contributed by atoms with van der Waals surface area (Å²) in [5, 5.41) is 2.54. The first-order valence-electron chi connectivity index (χ1n) is 6.25. The number of nitrogens with one attached hydrogen (secondary N) is 2. The summed E-state index contributed by atoms with van der Waals surface area (Å²) < 4.78 is 38.9. The summed E-state index contributed by atoms with van der Waals surface area (Å²) >= 11 is 4.79. The Balaban J connectivity index is 2.09. The zero-order chi connectivity index (χ0) is 17.0. The highest BCUT2D eigenvalue weighted by Crippen LogP contribution is 2.23. The van der Waals surface area contributed by atoms with Crippen LogP contribution in [0.5, 0.6) is 0 Å². The average molecular weight is 419 g/mol. The van der Waals surface area contributed by atoms with Crippen molar-refractivity contribution in [2.24, 2.45) is 0 Å². The molecule has 0 aliphatic rings. The van der Waals surface area contributed by atoms with Crippen molar-refractivity contribution in [2.75, 3.05) is 16.3 Å². The average Bonchev–Trinajstić information content (AvgIpc) is 2.84. The summed E-state index contributed by atoms with van der Waals surface area (Å²) in [6.07, 6.45) is 3.90. The largest absolute Gasteiger partial charge is 0.322 e. The maximum atomic E-state index is 13.6. The van der Waals surface area contributed by atoms with E-state index in [9.17, 15) is 17.6 Å². The van der Waals surface area contributed by atoms with Gasteiger partial charge in [-0.3, -0.25) is 9.52 Å². The Morgan fingerprint density at radius 1 is 1.30 bits per heavy atom. The van der Waals surface area contributed by atoms with Gasteiger partial charge in [-0.25, -0.2) is 12.8 Å². The van der Waals surface area contributed by atoms with Gasteiger partial charge in [-0.05, 0) is 52.3 Å². The molecule has 1 heterocycles. The maximum Gasteiger partial charge on any atom is 0.248 e. The van der Waals surface area contributed by atoms with Gasteiger partial charge in [0, 0.05) is 16.6 Å². The predicted molar refractivity (Wildman–Crippen MR) is 94.5 cm³/mol. The van der Waals surface area contributed by atoms with Gasteiger partial charge in [0.2, 0.25) is 15.9 Å². The first kappa shape index (κ1) is 17.6. The Bertz CT molecular complexity index is 863. The Kier molecular flexibility index (Phi) is 5.55. The van der Waals surface area contributed by atoms with Gasteiger partial charge in [0.1, 0.15) is 5.82 Å². The van der Waals surface area contributed by atoms with E-state index < -0.39 is 21.7 Å². The van der Waals surface area contributed by atoms with E-state index >= 15 is 0 Å². The molecule has 0 radical (unpaired) electrons. The highest BCUT2D eigenvalue weighted by atomic mass is 79.9. The molecule has 0 saturated heterocycles. The van der Waals surface area contributed by atoms with E-state index in [2.05, 4.69) is 21.2 Å². The van der Waals surface area contributed by atoms with Crippen LogP contribution in [0.25, 0.3) is 6.08 Å². The summed E-state index contributed by atoms with van der Waals surface area (Å²) in [5.41, 5.74) is 0.0519. The SMILES string of the molecule is CS(=O)(=O)Nc1cc(NC(=O)/C=C/c2ccc(Br)s2)ccc1F. The fourth-order valence-corrected chi connectivity index (χ4v) is 3.52. The van der Waals surface area contributed by atoms with Gasteiger partial charge >= 0.3 is 0 Å². The lowest BCUT2D eigenvalue weighted by Gasteiger charge is -2.08. The van der Waals surface area contributed by atoms with Crippen molar-refractivity contribution in [3.8, 4) is 0 Å². The molecule has 1 aromatic heterocycles. The van der Waals surface area contributed by atoms with E-state index in [1.807, 2.05) is 16.9 Å². The first-order chi connectivity index (χ1) is 10.7. The number of hydrogen-bond acceptors (Lipinski definition) is 4. The number of amides is 1. The van der Waals surface area contributed by atoms with E-state index in [1.165, 1.54) is 29.5 Å². The van der Waals surface area contributed by atoms with Crippen LogP contribution in [0.4, 0.5) is 15.8 Å². The molecule has 0 bridgehead atoms. The Labute approximate surface area is 145 Å². The Morgan fingerprint density at radius 2 is 2.04 bits per heavy atom. The molecule has 1 aromatic carbocycles. The van der Waals surface area contributed by atoms with Crippen LogP contribution in [0, 0.1) is 5.82 Å². The molecule has 2 rings (SSSR count). The topological polar surface area (TPSA) is 75.3 Å². The Hall–Kier alpha value is -1.71. The fraction of sp³-hybridized carbons (Fsp3) is 0.0714. The second kappa shape index (κ2) is 7.24. The van der Waals surface area contributed by atoms with Crippen molar-refractivity contribution in [1.29, 1.82) is 0 Å². The van der Waals surface area contributed by atoms with Crippen LogP contribution in [0.15, 0.2) is 40.2 Å². The molecule has 23 heavy (non-hydrogen) atoms. The van der Waals surface area contributed by atoms with Gasteiger partial charge < -0.3 is 5.32 Å². The molecule has 0 aliphatic carbocycles. The van der Waals surface area contributed by atoms with Crippen LogP contribution in [0.3, 0.4) is 0 Å². The molecule has 2 aromatic rings. The lowest BCUT2D eigenvalue weighted by Crippen LogP contribution is -2.12. The van der Waals surface area contributed by atoms with Crippen molar-refractivity contribution in [1.82, 2.24) is 0 Å². The number of carbonyl (C=O) groups excluding carboxylic acids is 1. The van der Waals surface area contributed by atoms with Gasteiger partial charge in [-0.1, -0.05) is 0 Å². The third kappa shape index (κ3) is 5.77. The summed E-state index contributed by atoms with van der Waals surface area (Å²) in [5.74, 6) is -1.14. The number of benzene rings is 1. The van der Waals surface area contributed by atoms with Gasteiger partial charge in [0.25, 0.3) is 0 Å². The normalized spacial score (nSPS) is 11.6. The number of thiophene rings is 1. The summed E-state index contributed by atoms with van der Waals surface area (Å²) in [7, 11) is -3.61. The van der Waals surface area contributed by atoms with Gasteiger partial charge in [-0.2, -0.15) is 0 Å². The van der Waals surface area contributed by atoms with Gasteiger partial charge in [0.05, 0.1) is 15.7 Å². The maximum absolute atomic E-state index is 13.6. The number of anilines is 2. The molecular weight excluding hydrogens is 407 g/mol. The standard InChI is InChI=1S/C14H12BrFN2O3S2/c1-23(20,21)18-12-8-9(2-5-11(12)16)17-14(19)7-4-10-3-6-13(15)22-10/h2-8,18H,1H3,(H,17,19)/b7-4+. The molecule has 0 fully saturated rings. The number of sulfonamides is 1. The molecular formula is C14H12BrFN2O3S2. The van der Waals surface area contributed by atoms with E-state index in [0.29, 0.717) is 0 Å². The molecule has 0 aliphatic heterocycles. The van der Waals surface area contributed by atoms with Crippen molar-refractivity contribution < 1.29 is 17.6 Å². The van der Waals surface area contributed by atoms with E-state index in [0.717, 1.165) is 21.0 Å². The molecule has 5 nitrogen and oxygen atoms in total. The van der Waals surface area contributed by atoms with Crippen molar-refractivity contribution >= 4 is 60.6 Å². The lowest BCUT2D eigenvalue weighted by atomic mass is 10.2. The van der Waals surface area contributed by atoms with E-state index in [1.54, 1.807) is 6.08 Å². The van der Waals surface area contributed by atoms with E-state index in [-0.39, 0.29) is 11.4 Å². The lowest BCUT2D eigenvalue weighted by molar-refractivity contribution is -0.111. The molecule has 122 valence electrons. The second-order valence-corrected chi connectivity index (χ2v) is 8.78. The summed E-state index contributed by atoms with van der Waals surface area (Å²) in [6, 6.07) is 7.35. The third-order valence-corrected chi connectivity index (χ3v) is 4.70. The minimum Gasteiger partial charge on any atom is -0.322 e. The van der Waals surface area contributed by atoms with Crippen molar-refractivity contribution in [3.05, 3.63) is 50.9 Å². The van der Waals surface area contributed by atoms with Crippen molar-refractivity contribution in [3.63, 3.8) is 0 Å². The smallest absolute Gasteiger partial charge is 0.248 e. The molecule has 9 heteroatoms. The minimum atomic E-state index is -3.61. The molecule has 1 amide bonds. The van der Waals surface area contributed by atoms with Crippen LogP contribution in [0.2, 0.25) is 0 Å². The van der Waals surface area contributed by atoms with Gasteiger partial charge in [-0.15, -0.1) is 11.3 Å². The van der Waals surface area contributed by atoms with Crippen LogP contribution < -0.4 is 10.0 Å². The number of hydrogen-bond donors (Lipinski definition) is 2. The minimum absolute atomic E-state index is 0.225. The van der Waals surface area contributed by atoms with Gasteiger partial charge in [0.15, 0.2) is 0 Å². The summed E-state index contributed by atoms with van der Waals surface area (Å²) in [6.45, 7) is 0. The zero-order valence-electron chi connectivity index (χ0n) is 11.8. The van der Waals surface area contributed by atoms with Crippen LogP contribution in [-0.4, -0.2) is 20.6 Å². The molecule has 2 N–H and O–H groups in total. The monoisotopic (exact) mass is 418 g/mol. The second-order valence-electron chi connectivity index (χ2n) is 4.53. The quantitative estimate of drug-likeness (QED) is 0.727.